The summed E-state index contributed by atoms with van der Waals surface area (Å²) in [7, 11) is 0. The molecular formula is C14H16O5. The van der Waals surface area contributed by atoms with Crippen LogP contribution in [-0.2, 0) is 14.3 Å². The Morgan fingerprint density at radius 1 is 1.32 bits per heavy atom. The summed E-state index contributed by atoms with van der Waals surface area (Å²) in [5, 5.41) is 8.94. The van der Waals surface area contributed by atoms with Crippen molar-refractivity contribution < 1.29 is 24.2 Å². The third-order valence-corrected chi connectivity index (χ3v) is 2.28. The molecule has 0 fully saturated rings. The van der Waals surface area contributed by atoms with Gasteiger partial charge in [-0.1, -0.05) is 19.1 Å². The maximum atomic E-state index is 10.9. The molecule has 0 aliphatic heterocycles. The Morgan fingerprint density at radius 3 is 2.53 bits per heavy atom. The summed E-state index contributed by atoms with van der Waals surface area (Å²) in [6, 6.07) is 7.02. The second-order valence-corrected chi connectivity index (χ2v) is 3.80. The first kappa shape index (κ1) is 14.8. The van der Waals surface area contributed by atoms with Crippen LogP contribution in [0.5, 0.6) is 5.75 Å². The van der Waals surface area contributed by atoms with Crippen LogP contribution in [0.1, 0.15) is 18.9 Å². The molecule has 102 valence electrons. The van der Waals surface area contributed by atoms with Crippen LogP contribution in [0, 0.1) is 0 Å². The third kappa shape index (κ3) is 5.25. The number of aliphatic carboxylic acids is 1. The number of rotatable bonds is 8. The summed E-state index contributed by atoms with van der Waals surface area (Å²) >= 11 is 0. The zero-order valence-corrected chi connectivity index (χ0v) is 10.7. The standard InChI is InChI=1S/C14H16O5/c1-2-7-19-13-5-3-11(4-6-13)8-12(14(16)17)9-18-10-15/h3-6,8,10H,2,7,9H2,1H3,(H,16,17)/b12-8+. The normalized spacial score (nSPS) is 10.9. The zero-order valence-electron chi connectivity index (χ0n) is 10.7. The molecule has 0 heterocycles. The van der Waals surface area contributed by atoms with Crippen LogP contribution in [0.4, 0.5) is 0 Å². The molecule has 0 saturated carbocycles. The molecule has 0 unspecified atom stereocenters. The predicted molar refractivity (Wildman–Crippen MR) is 69.9 cm³/mol. The van der Waals surface area contributed by atoms with E-state index in [4.69, 9.17) is 9.84 Å². The van der Waals surface area contributed by atoms with Gasteiger partial charge in [0, 0.05) is 0 Å². The van der Waals surface area contributed by atoms with Gasteiger partial charge in [0.2, 0.25) is 0 Å². The van der Waals surface area contributed by atoms with E-state index in [1.165, 1.54) is 6.08 Å². The van der Waals surface area contributed by atoms with Crippen molar-refractivity contribution in [1.29, 1.82) is 0 Å². The highest BCUT2D eigenvalue weighted by Gasteiger charge is 2.07. The lowest BCUT2D eigenvalue weighted by Gasteiger charge is -2.05. The molecule has 0 spiro atoms. The van der Waals surface area contributed by atoms with Gasteiger partial charge in [-0.25, -0.2) is 4.79 Å². The fraction of sp³-hybridized carbons (Fsp3) is 0.286. The topological polar surface area (TPSA) is 72.8 Å². The van der Waals surface area contributed by atoms with Gasteiger partial charge in [-0.15, -0.1) is 0 Å². The Bertz CT molecular complexity index is 447. The lowest BCUT2D eigenvalue weighted by molar-refractivity contribution is -0.134. The van der Waals surface area contributed by atoms with Gasteiger partial charge in [-0.2, -0.15) is 0 Å². The number of carbonyl (C=O) groups is 2. The van der Waals surface area contributed by atoms with E-state index in [1.807, 2.05) is 6.92 Å². The summed E-state index contributed by atoms with van der Waals surface area (Å²) in [6.45, 7) is 2.62. The van der Waals surface area contributed by atoms with Crippen LogP contribution in [0.3, 0.4) is 0 Å². The fourth-order valence-corrected chi connectivity index (χ4v) is 1.37. The number of carboxylic acids is 1. The molecule has 5 heteroatoms. The Balaban J connectivity index is 2.77. The molecule has 0 bridgehead atoms. The number of carbonyl (C=O) groups excluding carboxylic acids is 1. The summed E-state index contributed by atoms with van der Waals surface area (Å²) in [4.78, 5) is 21.0. The highest BCUT2D eigenvalue weighted by atomic mass is 16.5. The minimum atomic E-state index is -1.12. The third-order valence-electron chi connectivity index (χ3n) is 2.28. The van der Waals surface area contributed by atoms with Gasteiger partial charge in [0.05, 0.1) is 12.2 Å². The average Bonchev–Trinajstić information content (AvgIpc) is 2.42. The van der Waals surface area contributed by atoms with Gasteiger partial charge >= 0.3 is 5.97 Å². The fourth-order valence-electron chi connectivity index (χ4n) is 1.37. The van der Waals surface area contributed by atoms with Crippen LogP contribution >= 0.6 is 0 Å². The molecule has 0 aliphatic rings. The van der Waals surface area contributed by atoms with Crippen molar-refractivity contribution in [2.75, 3.05) is 13.2 Å². The Hall–Kier alpha value is -2.30. The molecule has 1 rings (SSSR count). The molecule has 0 atom stereocenters. The van der Waals surface area contributed by atoms with Gasteiger partial charge in [0.1, 0.15) is 12.4 Å². The summed E-state index contributed by atoms with van der Waals surface area (Å²) < 4.78 is 9.87. The molecule has 5 nitrogen and oxygen atoms in total. The first-order chi connectivity index (χ1) is 9.17. The molecule has 19 heavy (non-hydrogen) atoms. The van der Waals surface area contributed by atoms with E-state index < -0.39 is 5.97 Å². The molecule has 0 aliphatic carbocycles. The van der Waals surface area contributed by atoms with E-state index in [9.17, 15) is 9.59 Å². The molecule has 1 aromatic rings. The number of benzene rings is 1. The number of hydrogen-bond acceptors (Lipinski definition) is 4. The van der Waals surface area contributed by atoms with Crippen molar-refractivity contribution in [1.82, 2.24) is 0 Å². The number of hydrogen-bond donors (Lipinski definition) is 1. The van der Waals surface area contributed by atoms with E-state index in [2.05, 4.69) is 4.74 Å². The zero-order chi connectivity index (χ0) is 14.1. The molecule has 0 amide bonds. The lowest BCUT2D eigenvalue weighted by atomic mass is 10.1. The SMILES string of the molecule is CCCOc1ccc(/C=C(\COC=O)C(=O)O)cc1. The van der Waals surface area contributed by atoms with Crippen molar-refractivity contribution in [3.8, 4) is 5.75 Å². The lowest BCUT2D eigenvalue weighted by Crippen LogP contribution is -2.07. The Morgan fingerprint density at radius 2 is 2.00 bits per heavy atom. The maximum Gasteiger partial charge on any atom is 0.335 e. The summed E-state index contributed by atoms with van der Waals surface area (Å²) in [6.07, 6.45) is 2.38. The van der Waals surface area contributed by atoms with Crippen molar-refractivity contribution in [2.24, 2.45) is 0 Å². The first-order valence-corrected chi connectivity index (χ1v) is 5.89. The Kier molecular flexibility index (Phi) is 6.15. The monoisotopic (exact) mass is 264 g/mol. The predicted octanol–water partition coefficient (Wildman–Crippen LogP) is 2.12. The summed E-state index contributed by atoms with van der Waals surface area (Å²) in [5.41, 5.74) is 0.713. The number of ether oxygens (including phenoxy) is 2. The van der Waals surface area contributed by atoms with Crippen molar-refractivity contribution in [3.63, 3.8) is 0 Å². The first-order valence-electron chi connectivity index (χ1n) is 5.89. The molecule has 0 radical (unpaired) electrons. The van der Waals surface area contributed by atoms with Crippen molar-refractivity contribution >= 4 is 18.5 Å². The average molecular weight is 264 g/mol. The molecule has 0 aromatic heterocycles. The number of carboxylic acid groups (broad SMARTS) is 1. The molecule has 1 N–H and O–H groups in total. The Labute approximate surface area is 111 Å². The summed E-state index contributed by atoms with van der Waals surface area (Å²) in [5.74, 6) is -0.381. The van der Waals surface area contributed by atoms with Crippen molar-refractivity contribution in [3.05, 3.63) is 35.4 Å². The van der Waals surface area contributed by atoms with Crippen LogP contribution in [0.25, 0.3) is 6.08 Å². The largest absolute Gasteiger partial charge is 0.494 e. The molecule has 0 saturated heterocycles. The maximum absolute atomic E-state index is 10.9. The van der Waals surface area contributed by atoms with E-state index >= 15 is 0 Å². The van der Waals surface area contributed by atoms with Crippen LogP contribution in [0.15, 0.2) is 29.8 Å². The van der Waals surface area contributed by atoms with Gasteiger partial charge in [0.15, 0.2) is 0 Å². The van der Waals surface area contributed by atoms with Gasteiger partial charge < -0.3 is 14.6 Å². The minimum Gasteiger partial charge on any atom is -0.494 e. The van der Waals surface area contributed by atoms with Crippen molar-refractivity contribution in [2.45, 2.75) is 13.3 Å². The van der Waals surface area contributed by atoms with E-state index in [-0.39, 0.29) is 18.7 Å². The van der Waals surface area contributed by atoms with Gasteiger partial charge in [0.25, 0.3) is 6.47 Å². The van der Waals surface area contributed by atoms with Gasteiger partial charge in [-0.3, -0.25) is 4.79 Å². The molecular weight excluding hydrogens is 248 g/mol. The molecule has 1 aromatic carbocycles. The van der Waals surface area contributed by atoms with Crippen LogP contribution in [0.2, 0.25) is 0 Å². The van der Waals surface area contributed by atoms with Gasteiger partial charge in [-0.05, 0) is 30.2 Å². The van der Waals surface area contributed by atoms with E-state index in [0.717, 1.165) is 12.2 Å². The van der Waals surface area contributed by atoms with E-state index in [0.29, 0.717) is 12.2 Å². The highest BCUT2D eigenvalue weighted by Crippen LogP contribution is 2.15. The quantitative estimate of drug-likeness (QED) is 0.575. The van der Waals surface area contributed by atoms with Crippen LogP contribution in [-0.4, -0.2) is 30.8 Å². The second-order valence-electron chi connectivity index (χ2n) is 3.80. The highest BCUT2D eigenvalue weighted by molar-refractivity contribution is 5.92. The van der Waals surface area contributed by atoms with Crippen LogP contribution < -0.4 is 4.74 Å². The minimum absolute atomic E-state index is 0.00864. The second kappa shape index (κ2) is 7.92. The van der Waals surface area contributed by atoms with E-state index in [1.54, 1.807) is 24.3 Å². The smallest absolute Gasteiger partial charge is 0.335 e.